The van der Waals surface area contributed by atoms with Gasteiger partial charge in [0.1, 0.15) is 66.5 Å². The van der Waals surface area contributed by atoms with Gasteiger partial charge in [0, 0.05) is 67.9 Å². The van der Waals surface area contributed by atoms with Crippen LogP contribution in [0.5, 0.6) is 0 Å². The van der Waals surface area contributed by atoms with Crippen molar-refractivity contribution in [2.24, 2.45) is 35.5 Å². The SMILES string of the molecule is C/C=C/C[C@@H](C)[C@@H](O)[C@H]1C(=O)N[C@@H](CC)C(=O)N(C)[C@@H](CSCCCC(=O)OC)C(=O)N(C)[C@@H](CC(C)(C)O)C(=O)N[C@H](C(C)C)C(=O)N(C)[C@H](CCC(C)C)C(=O)N[C@H](C)C(=O)N[C@@H](C)C(=O)N(C)[C@@H](CC(C)C)C(=O)N(C)[C@@H](CC(C)C)C(=O)N(C)[C@@H](C(C)C)C(=O)N1C. The summed E-state index contributed by atoms with van der Waals surface area (Å²) in [6.45, 7) is 28.9. The molecule has 0 bridgehead atoms. The molecule has 550 valence electrons. The molecule has 1 rings (SSSR count). The number of likely N-dealkylation sites (N-methyl/N-ethyl adjacent to an activating group) is 7. The maximum Gasteiger partial charge on any atom is 0.305 e. The Kier molecular flexibility index (Phi) is 37.0. The summed E-state index contributed by atoms with van der Waals surface area (Å²) in [5.41, 5.74) is -1.62. The van der Waals surface area contributed by atoms with Gasteiger partial charge < -0.3 is 70.5 Å². The van der Waals surface area contributed by atoms with E-state index in [4.69, 9.17) is 4.74 Å². The zero-order valence-electron chi connectivity index (χ0n) is 62.6. The van der Waals surface area contributed by atoms with Gasteiger partial charge in [0.25, 0.3) is 0 Å². The highest BCUT2D eigenvalue weighted by Crippen LogP contribution is 2.27. The number of ether oxygens (including phenoxy) is 1. The van der Waals surface area contributed by atoms with E-state index in [0.717, 1.165) is 14.7 Å². The van der Waals surface area contributed by atoms with E-state index in [2.05, 4.69) is 21.3 Å². The third kappa shape index (κ3) is 25.8. The average molecular weight is 1380 g/mol. The number of thioether (sulfide) groups is 1. The number of methoxy groups -OCH3 is 1. The highest BCUT2D eigenvalue weighted by molar-refractivity contribution is 7.99. The molecule has 0 spiro atoms. The van der Waals surface area contributed by atoms with Crippen molar-refractivity contribution in [3.63, 3.8) is 0 Å². The van der Waals surface area contributed by atoms with Crippen molar-refractivity contribution < 1.29 is 72.5 Å². The molecule has 0 unspecified atom stereocenters. The number of amides is 11. The second kappa shape index (κ2) is 40.5. The molecule has 0 saturated carbocycles. The molecule has 11 amide bonds. The third-order valence-electron chi connectivity index (χ3n) is 17.9. The van der Waals surface area contributed by atoms with Crippen LogP contribution in [0.3, 0.4) is 0 Å². The number of carbonyl (C=O) groups excluding carboxylic acids is 12. The number of rotatable bonds is 22. The fraction of sp³-hybridized carbons (Fsp3) is 0.797. The van der Waals surface area contributed by atoms with Gasteiger partial charge >= 0.3 is 5.97 Å². The quantitative estimate of drug-likeness (QED) is 0.0510. The van der Waals surface area contributed by atoms with E-state index in [9.17, 15) is 39.0 Å². The molecule has 1 saturated heterocycles. The van der Waals surface area contributed by atoms with E-state index in [1.54, 1.807) is 60.6 Å². The first-order valence-corrected chi connectivity index (χ1v) is 35.3. The molecule has 0 aromatic rings. The Bertz CT molecular complexity index is 2650. The average Bonchev–Trinajstić information content (AvgIpc) is 0.808. The summed E-state index contributed by atoms with van der Waals surface area (Å²) in [6.07, 6.45) is 3.00. The number of hydrogen-bond acceptors (Lipinski definition) is 16. The van der Waals surface area contributed by atoms with Crippen molar-refractivity contribution in [3.8, 4) is 0 Å². The van der Waals surface area contributed by atoms with Crippen LogP contribution in [0.25, 0.3) is 0 Å². The molecule has 6 N–H and O–H groups in total. The molecule has 0 aromatic carbocycles. The van der Waals surface area contributed by atoms with Crippen LogP contribution in [-0.2, 0) is 62.3 Å². The summed E-state index contributed by atoms with van der Waals surface area (Å²) >= 11 is 1.22. The number of nitrogens with one attached hydrogen (secondary N) is 4. The maximum absolute atomic E-state index is 15.4. The molecule has 13 atom stereocenters. The molecular weight excluding hydrogens is 1250 g/mol. The standard InChI is InChI=1S/C69H123N11O15S/c1-26-28-30-44(13)57(82)56-61(86)72-47(27-2)63(88)78(22)52(38-96-34-29-31-53(81)95-25)66(91)77(21)51(37-69(16,17)94)60(85)73-54(42(9)10)67(92)74(18)48(33-32-39(3)4)59(84)70-45(14)58(83)71-46(15)62(87)75(19)49(35-40(5)6)64(89)76(20)50(36-41(7)8)65(90)79(23)55(43(11)12)68(93)80(56)24/h26,28,39-52,54-57,82,94H,27,29-38H2,1-25H3,(H,70,84)(H,71,83)(H,72,86)(H,73,85)/b28-26+/t44-,45-,46+,47+,48-,49+,50+,51+,52+,54-,55+,56+,57-/m1/s1. The fourth-order valence-corrected chi connectivity index (χ4v) is 12.8. The smallest absolute Gasteiger partial charge is 0.305 e. The minimum absolute atomic E-state index is 0.0514. The van der Waals surface area contributed by atoms with Crippen molar-refractivity contribution in [1.29, 1.82) is 0 Å². The van der Waals surface area contributed by atoms with Gasteiger partial charge in [0.2, 0.25) is 65.0 Å². The number of hydrogen-bond donors (Lipinski definition) is 6. The van der Waals surface area contributed by atoms with E-state index >= 15 is 28.8 Å². The van der Waals surface area contributed by atoms with Crippen molar-refractivity contribution in [2.45, 2.75) is 254 Å². The number of allylic oxidation sites excluding steroid dienone is 2. The lowest BCUT2D eigenvalue weighted by molar-refractivity contribution is -0.157. The number of carbonyl (C=O) groups is 12. The van der Waals surface area contributed by atoms with Gasteiger partial charge in [0.15, 0.2) is 0 Å². The molecule has 26 nitrogen and oxygen atoms in total. The number of aliphatic hydroxyl groups excluding tert-OH is 1. The first-order chi connectivity index (χ1) is 44.4. The normalized spacial score (nSPS) is 26.0. The van der Waals surface area contributed by atoms with Crippen molar-refractivity contribution in [3.05, 3.63) is 12.2 Å². The van der Waals surface area contributed by atoms with E-state index in [1.165, 1.54) is 115 Å². The summed E-state index contributed by atoms with van der Waals surface area (Å²) in [7, 11) is 11.0. The van der Waals surface area contributed by atoms with Crippen molar-refractivity contribution in [2.75, 3.05) is 67.9 Å². The predicted octanol–water partition coefficient (Wildman–Crippen LogP) is 3.83. The van der Waals surface area contributed by atoms with Crippen molar-refractivity contribution >= 4 is 82.7 Å². The molecule has 27 heteroatoms. The van der Waals surface area contributed by atoms with Gasteiger partial charge in [-0.15, -0.1) is 0 Å². The molecule has 0 aliphatic carbocycles. The van der Waals surface area contributed by atoms with Gasteiger partial charge in [0.05, 0.1) is 18.8 Å². The number of aliphatic hydroxyl groups is 2. The Labute approximate surface area is 577 Å². The molecule has 1 fully saturated rings. The molecule has 1 aliphatic rings. The van der Waals surface area contributed by atoms with E-state index in [0.29, 0.717) is 18.6 Å². The van der Waals surface area contributed by atoms with Gasteiger partial charge in [-0.2, -0.15) is 11.8 Å². The van der Waals surface area contributed by atoms with Crippen LogP contribution in [0.15, 0.2) is 12.2 Å². The Morgan fingerprint density at radius 1 is 0.562 bits per heavy atom. The first-order valence-electron chi connectivity index (χ1n) is 34.1. The largest absolute Gasteiger partial charge is 0.469 e. The molecule has 0 aromatic heterocycles. The molecule has 0 radical (unpaired) electrons. The highest BCUT2D eigenvalue weighted by atomic mass is 32.2. The highest BCUT2D eigenvalue weighted by Gasteiger charge is 2.47. The molecule has 1 aliphatic heterocycles. The van der Waals surface area contributed by atoms with Gasteiger partial charge in [-0.3, -0.25) is 57.5 Å². The van der Waals surface area contributed by atoms with Gasteiger partial charge in [-0.1, -0.05) is 95.2 Å². The summed E-state index contributed by atoms with van der Waals surface area (Å²) in [5, 5.41) is 34.7. The molecular formula is C69H123N11O15S. The third-order valence-corrected chi connectivity index (χ3v) is 19.0. The monoisotopic (exact) mass is 1380 g/mol. The van der Waals surface area contributed by atoms with Crippen LogP contribution >= 0.6 is 11.8 Å². The van der Waals surface area contributed by atoms with Crippen LogP contribution in [0, 0.1) is 35.5 Å². The second-order valence-corrected chi connectivity index (χ2v) is 29.9. The molecule has 1 heterocycles. The zero-order valence-corrected chi connectivity index (χ0v) is 63.4. The summed E-state index contributed by atoms with van der Waals surface area (Å²) in [4.78, 5) is 185. The topological polar surface area (TPSA) is 325 Å². The number of esters is 1. The lowest BCUT2D eigenvalue weighted by atomic mass is 9.91. The minimum atomic E-state index is -1.69. The van der Waals surface area contributed by atoms with Gasteiger partial charge in [-0.05, 0) is 121 Å². The van der Waals surface area contributed by atoms with Gasteiger partial charge in [-0.25, -0.2) is 0 Å². The fourth-order valence-electron chi connectivity index (χ4n) is 11.7. The number of nitrogens with zero attached hydrogens (tertiary/aromatic N) is 7. The lowest BCUT2D eigenvalue weighted by Gasteiger charge is -2.41. The lowest BCUT2D eigenvalue weighted by Crippen LogP contribution is -2.64. The predicted molar refractivity (Wildman–Crippen MR) is 372 cm³/mol. The van der Waals surface area contributed by atoms with Crippen LogP contribution in [-0.4, -0.2) is 262 Å². The van der Waals surface area contributed by atoms with Crippen LogP contribution in [0.2, 0.25) is 0 Å². The van der Waals surface area contributed by atoms with E-state index < -0.39 is 167 Å². The molecule has 96 heavy (non-hydrogen) atoms. The van der Waals surface area contributed by atoms with E-state index in [-0.39, 0.29) is 68.5 Å². The van der Waals surface area contributed by atoms with Crippen molar-refractivity contribution in [1.82, 2.24) is 55.6 Å². The van der Waals surface area contributed by atoms with Crippen LogP contribution in [0.1, 0.15) is 175 Å². The Morgan fingerprint density at radius 2 is 1.03 bits per heavy atom. The Hall–Kier alpha value is -6.35. The van der Waals surface area contributed by atoms with Crippen LogP contribution < -0.4 is 21.3 Å². The second-order valence-electron chi connectivity index (χ2n) is 28.8. The minimum Gasteiger partial charge on any atom is -0.469 e. The van der Waals surface area contributed by atoms with Crippen LogP contribution in [0.4, 0.5) is 0 Å². The summed E-state index contributed by atoms with van der Waals surface area (Å²) < 4.78 is 4.82. The Morgan fingerprint density at radius 3 is 1.51 bits per heavy atom. The Balaban J connectivity index is 4.59. The van der Waals surface area contributed by atoms with E-state index in [1.807, 2.05) is 41.5 Å². The maximum atomic E-state index is 15.4. The zero-order chi connectivity index (χ0) is 74.3. The summed E-state index contributed by atoms with van der Waals surface area (Å²) in [6, 6.07) is -14.7. The first kappa shape index (κ1) is 87.7. The summed E-state index contributed by atoms with van der Waals surface area (Å²) in [5.74, 6) is -10.7.